The number of unbranched alkanes of at least 4 members (excludes halogenated alkanes) is 3. The summed E-state index contributed by atoms with van der Waals surface area (Å²) in [5.74, 6) is 0. The van der Waals surface area contributed by atoms with Gasteiger partial charge in [0, 0.05) is 23.1 Å². The standard InChI is InChI=1S/C20H26N2/c1-2-3-4-9-14-22-18-13-8-6-11-16(18)19-20(22)15-10-5-7-12-17(15)21-19/h5,7,10,12,21H,2-4,6,8-9,11,13-14H2,1H3. The molecule has 1 N–H and O–H groups in total. The Morgan fingerprint density at radius 2 is 1.91 bits per heavy atom. The molecule has 4 rings (SSSR count). The number of hydrogen-bond donors (Lipinski definition) is 1. The van der Waals surface area contributed by atoms with Gasteiger partial charge in [-0.3, -0.25) is 0 Å². The maximum atomic E-state index is 3.71. The van der Waals surface area contributed by atoms with Crippen molar-refractivity contribution < 1.29 is 0 Å². The SMILES string of the molecule is CCCCCCn1c2c(c3[nH]c4ccccc4c31)CCCC2. The van der Waals surface area contributed by atoms with E-state index < -0.39 is 0 Å². The van der Waals surface area contributed by atoms with Gasteiger partial charge < -0.3 is 9.55 Å². The Labute approximate surface area is 132 Å². The topological polar surface area (TPSA) is 20.7 Å². The van der Waals surface area contributed by atoms with Crippen LogP contribution in [-0.2, 0) is 19.4 Å². The Hall–Kier alpha value is -1.70. The molecule has 0 aliphatic heterocycles. The number of H-pyrrole nitrogens is 1. The van der Waals surface area contributed by atoms with E-state index in [1.807, 2.05) is 0 Å². The lowest BCUT2D eigenvalue weighted by molar-refractivity contribution is 0.561. The number of fused-ring (bicyclic) bond motifs is 5. The lowest BCUT2D eigenvalue weighted by atomic mass is 9.97. The first kappa shape index (κ1) is 13.9. The molecule has 0 bridgehead atoms. The molecule has 1 aromatic carbocycles. The molecule has 0 radical (unpaired) electrons. The number of para-hydroxylation sites is 1. The number of aromatic nitrogens is 2. The van der Waals surface area contributed by atoms with E-state index in [1.54, 1.807) is 11.3 Å². The monoisotopic (exact) mass is 294 g/mol. The first-order valence-electron chi connectivity index (χ1n) is 9.01. The second kappa shape index (κ2) is 5.83. The summed E-state index contributed by atoms with van der Waals surface area (Å²) in [5, 5.41) is 1.40. The van der Waals surface area contributed by atoms with E-state index in [2.05, 4.69) is 40.7 Å². The molecule has 2 heterocycles. The van der Waals surface area contributed by atoms with Crippen molar-refractivity contribution in [1.82, 2.24) is 9.55 Å². The Morgan fingerprint density at radius 3 is 2.82 bits per heavy atom. The maximum Gasteiger partial charge on any atom is 0.0745 e. The fraction of sp³-hybridized carbons (Fsp3) is 0.500. The second-order valence-corrected chi connectivity index (χ2v) is 6.74. The maximum absolute atomic E-state index is 3.71. The molecule has 0 saturated heterocycles. The minimum atomic E-state index is 1.19. The summed E-state index contributed by atoms with van der Waals surface area (Å²) in [4.78, 5) is 3.71. The summed E-state index contributed by atoms with van der Waals surface area (Å²) in [6.45, 7) is 3.48. The molecular weight excluding hydrogens is 268 g/mol. The van der Waals surface area contributed by atoms with Crippen LogP contribution in [0.4, 0.5) is 0 Å². The van der Waals surface area contributed by atoms with Crippen LogP contribution in [0, 0.1) is 0 Å². The third kappa shape index (κ3) is 2.16. The van der Waals surface area contributed by atoms with Gasteiger partial charge in [0.25, 0.3) is 0 Å². The van der Waals surface area contributed by atoms with Gasteiger partial charge >= 0.3 is 0 Å². The molecule has 22 heavy (non-hydrogen) atoms. The number of rotatable bonds is 5. The molecule has 1 aliphatic carbocycles. The van der Waals surface area contributed by atoms with Crippen molar-refractivity contribution in [2.24, 2.45) is 0 Å². The molecule has 0 atom stereocenters. The normalized spacial score (nSPS) is 14.8. The van der Waals surface area contributed by atoms with E-state index >= 15 is 0 Å². The zero-order valence-electron chi connectivity index (χ0n) is 13.6. The van der Waals surface area contributed by atoms with Gasteiger partial charge in [0.2, 0.25) is 0 Å². The summed E-state index contributed by atoms with van der Waals surface area (Å²) in [5.41, 5.74) is 7.41. The zero-order chi connectivity index (χ0) is 14.9. The van der Waals surface area contributed by atoms with Gasteiger partial charge in [-0.2, -0.15) is 0 Å². The molecule has 2 heteroatoms. The first-order chi connectivity index (χ1) is 10.9. The predicted molar refractivity (Wildman–Crippen MR) is 94.6 cm³/mol. The van der Waals surface area contributed by atoms with Gasteiger partial charge in [-0.1, -0.05) is 44.4 Å². The molecule has 0 amide bonds. The number of nitrogens with zero attached hydrogens (tertiary/aromatic N) is 1. The van der Waals surface area contributed by atoms with Crippen molar-refractivity contribution in [2.45, 2.75) is 64.8 Å². The number of nitrogens with one attached hydrogen (secondary N) is 1. The van der Waals surface area contributed by atoms with E-state index in [0.29, 0.717) is 0 Å². The largest absolute Gasteiger partial charge is 0.353 e. The minimum Gasteiger partial charge on any atom is -0.353 e. The van der Waals surface area contributed by atoms with E-state index in [4.69, 9.17) is 0 Å². The molecule has 3 aromatic rings. The van der Waals surface area contributed by atoms with Gasteiger partial charge in [0.05, 0.1) is 11.0 Å². The Kier molecular flexibility index (Phi) is 3.69. The molecule has 2 aromatic heterocycles. The van der Waals surface area contributed by atoms with Crippen LogP contribution in [0.15, 0.2) is 24.3 Å². The van der Waals surface area contributed by atoms with Gasteiger partial charge in [0.15, 0.2) is 0 Å². The summed E-state index contributed by atoms with van der Waals surface area (Å²) in [6, 6.07) is 8.80. The van der Waals surface area contributed by atoms with Crippen LogP contribution in [0.5, 0.6) is 0 Å². The van der Waals surface area contributed by atoms with Gasteiger partial charge in [-0.05, 0) is 43.7 Å². The number of benzene rings is 1. The smallest absolute Gasteiger partial charge is 0.0745 e. The van der Waals surface area contributed by atoms with E-state index in [9.17, 15) is 0 Å². The van der Waals surface area contributed by atoms with Crippen molar-refractivity contribution in [3.05, 3.63) is 35.5 Å². The lowest BCUT2D eigenvalue weighted by Gasteiger charge is -2.16. The Balaban J connectivity index is 1.84. The highest BCUT2D eigenvalue weighted by molar-refractivity contribution is 6.07. The first-order valence-corrected chi connectivity index (χ1v) is 9.01. The molecule has 0 unspecified atom stereocenters. The van der Waals surface area contributed by atoms with Gasteiger partial charge in [0.1, 0.15) is 0 Å². The van der Waals surface area contributed by atoms with Crippen molar-refractivity contribution in [2.75, 3.05) is 0 Å². The van der Waals surface area contributed by atoms with Crippen LogP contribution in [-0.4, -0.2) is 9.55 Å². The van der Waals surface area contributed by atoms with Crippen molar-refractivity contribution >= 4 is 21.9 Å². The average Bonchev–Trinajstić information content (AvgIpc) is 3.07. The average molecular weight is 294 g/mol. The summed E-state index contributed by atoms with van der Waals surface area (Å²) >= 11 is 0. The lowest BCUT2D eigenvalue weighted by Crippen LogP contribution is -2.09. The number of aryl methyl sites for hydroxylation is 2. The highest BCUT2D eigenvalue weighted by Gasteiger charge is 2.22. The van der Waals surface area contributed by atoms with Crippen LogP contribution in [0.1, 0.15) is 56.7 Å². The van der Waals surface area contributed by atoms with Crippen LogP contribution in [0.25, 0.3) is 21.9 Å². The van der Waals surface area contributed by atoms with E-state index in [0.717, 1.165) is 0 Å². The summed E-state index contributed by atoms with van der Waals surface area (Å²) in [6.07, 6.45) is 10.5. The summed E-state index contributed by atoms with van der Waals surface area (Å²) < 4.78 is 2.65. The molecule has 2 nitrogen and oxygen atoms in total. The number of aromatic amines is 1. The van der Waals surface area contributed by atoms with Gasteiger partial charge in [-0.25, -0.2) is 0 Å². The second-order valence-electron chi connectivity index (χ2n) is 6.74. The predicted octanol–water partition coefficient (Wildman–Crippen LogP) is 5.58. The third-order valence-electron chi connectivity index (χ3n) is 5.25. The fourth-order valence-electron chi connectivity index (χ4n) is 4.16. The molecule has 116 valence electrons. The van der Waals surface area contributed by atoms with Crippen molar-refractivity contribution in [1.29, 1.82) is 0 Å². The van der Waals surface area contributed by atoms with Crippen LogP contribution in [0.3, 0.4) is 0 Å². The molecular formula is C20H26N2. The minimum absolute atomic E-state index is 1.19. The quantitative estimate of drug-likeness (QED) is 0.593. The van der Waals surface area contributed by atoms with E-state index in [1.165, 1.54) is 79.8 Å². The fourth-order valence-corrected chi connectivity index (χ4v) is 4.16. The Bertz CT molecular complexity index is 791. The number of hydrogen-bond acceptors (Lipinski definition) is 0. The van der Waals surface area contributed by atoms with Crippen LogP contribution < -0.4 is 0 Å². The van der Waals surface area contributed by atoms with Crippen molar-refractivity contribution in [3.63, 3.8) is 0 Å². The highest BCUT2D eigenvalue weighted by Crippen LogP contribution is 2.36. The Morgan fingerprint density at radius 1 is 1.05 bits per heavy atom. The van der Waals surface area contributed by atoms with E-state index in [-0.39, 0.29) is 0 Å². The van der Waals surface area contributed by atoms with Crippen LogP contribution >= 0.6 is 0 Å². The van der Waals surface area contributed by atoms with Crippen molar-refractivity contribution in [3.8, 4) is 0 Å². The highest BCUT2D eigenvalue weighted by atomic mass is 15.0. The third-order valence-corrected chi connectivity index (χ3v) is 5.25. The molecule has 1 aliphatic rings. The molecule has 0 fully saturated rings. The molecule has 0 spiro atoms. The van der Waals surface area contributed by atoms with Gasteiger partial charge in [-0.15, -0.1) is 0 Å². The summed E-state index contributed by atoms with van der Waals surface area (Å²) in [7, 11) is 0. The zero-order valence-corrected chi connectivity index (χ0v) is 13.6. The molecule has 0 saturated carbocycles. The van der Waals surface area contributed by atoms with Crippen LogP contribution in [0.2, 0.25) is 0 Å².